The van der Waals surface area contributed by atoms with Crippen LogP contribution in [0.3, 0.4) is 0 Å². The van der Waals surface area contributed by atoms with Crippen molar-refractivity contribution in [3.8, 4) is 5.75 Å². The highest BCUT2D eigenvalue weighted by Gasteiger charge is 2.45. The summed E-state index contributed by atoms with van der Waals surface area (Å²) in [7, 11) is 3.12. The number of aliphatic hydroxyl groups excluding tert-OH is 1. The van der Waals surface area contributed by atoms with Crippen molar-refractivity contribution in [2.24, 2.45) is 0 Å². The Kier molecular flexibility index (Phi) is 6.56. The molecule has 29 heavy (non-hydrogen) atoms. The Labute approximate surface area is 174 Å². The van der Waals surface area contributed by atoms with E-state index in [0.29, 0.717) is 41.5 Å². The molecule has 1 fully saturated rings. The van der Waals surface area contributed by atoms with E-state index in [1.807, 2.05) is 0 Å². The Hall–Kier alpha value is -2.83. The molecule has 1 N–H and O–H groups in total. The first-order valence-corrected chi connectivity index (χ1v) is 9.53. The summed E-state index contributed by atoms with van der Waals surface area (Å²) in [5.41, 5.74) is 1.12. The van der Waals surface area contributed by atoms with Crippen LogP contribution in [0.5, 0.6) is 5.75 Å². The third-order valence-corrected chi connectivity index (χ3v) is 5.05. The van der Waals surface area contributed by atoms with Crippen molar-refractivity contribution < 1.29 is 24.2 Å². The van der Waals surface area contributed by atoms with E-state index in [2.05, 4.69) is 0 Å². The molecule has 1 aliphatic heterocycles. The van der Waals surface area contributed by atoms with Gasteiger partial charge < -0.3 is 19.5 Å². The van der Waals surface area contributed by atoms with Crippen LogP contribution in [0.4, 0.5) is 0 Å². The summed E-state index contributed by atoms with van der Waals surface area (Å²) >= 11 is 6.15. The predicted molar refractivity (Wildman–Crippen MR) is 110 cm³/mol. The van der Waals surface area contributed by atoms with Crippen LogP contribution in [0, 0.1) is 0 Å². The average Bonchev–Trinajstić information content (AvgIpc) is 2.98. The summed E-state index contributed by atoms with van der Waals surface area (Å²) < 4.78 is 10.2. The molecule has 2 aromatic rings. The highest BCUT2D eigenvalue weighted by molar-refractivity contribution is 6.46. The van der Waals surface area contributed by atoms with Crippen molar-refractivity contribution in [2.75, 3.05) is 27.4 Å². The molecule has 152 valence electrons. The van der Waals surface area contributed by atoms with E-state index >= 15 is 0 Å². The molecule has 2 aromatic carbocycles. The molecule has 1 atom stereocenters. The number of amides is 1. The minimum absolute atomic E-state index is 0.0415. The maximum absolute atomic E-state index is 12.9. The summed E-state index contributed by atoms with van der Waals surface area (Å²) in [6, 6.07) is 12.9. The van der Waals surface area contributed by atoms with E-state index in [0.717, 1.165) is 0 Å². The first-order valence-electron chi connectivity index (χ1n) is 9.15. The molecule has 0 aliphatic carbocycles. The van der Waals surface area contributed by atoms with Gasteiger partial charge in [0, 0.05) is 30.8 Å². The van der Waals surface area contributed by atoms with Crippen LogP contribution >= 0.6 is 11.6 Å². The maximum Gasteiger partial charge on any atom is 0.295 e. The molecule has 0 unspecified atom stereocenters. The van der Waals surface area contributed by atoms with Crippen molar-refractivity contribution in [2.45, 2.75) is 12.5 Å². The molecule has 1 saturated heterocycles. The normalized spacial score (nSPS) is 18.3. The van der Waals surface area contributed by atoms with Crippen molar-refractivity contribution in [3.63, 3.8) is 0 Å². The molecule has 0 aromatic heterocycles. The van der Waals surface area contributed by atoms with Crippen molar-refractivity contribution >= 4 is 29.1 Å². The summed E-state index contributed by atoms with van der Waals surface area (Å²) in [5.74, 6) is -0.986. The number of ether oxygens (including phenoxy) is 2. The maximum atomic E-state index is 12.9. The zero-order valence-electron chi connectivity index (χ0n) is 16.2. The number of nitrogens with zero attached hydrogens (tertiary/aromatic N) is 1. The number of benzene rings is 2. The lowest BCUT2D eigenvalue weighted by atomic mass is 9.95. The number of likely N-dealkylation sites (tertiary alicyclic amines) is 1. The standard InChI is InChI=1S/C22H22ClNO5/c1-28-12-4-11-24-19(15-5-3-6-16(23)13-15)18(21(26)22(24)27)20(25)14-7-9-17(29-2)10-8-14/h3,5-10,13,19,25H,4,11-12H2,1-2H3/b20-18+/t19-/m0/s1. The minimum Gasteiger partial charge on any atom is -0.507 e. The molecular weight excluding hydrogens is 394 g/mol. The molecule has 1 aliphatic rings. The van der Waals surface area contributed by atoms with E-state index in [1.165, 1.54) is 4.90 Å². The molecule has 7 heteroatoms. The lowest BCUT2D eigenvalue weighted by Crippen LogP contribution is -2.31. The Balaban J connectivity index is 2.10. The first kappa shape index (κ1) is 20.9. The van der Waals surface area contributed by atoms with Gasteiger partial charge in [-0.2, -0.15) is 0 Å². The van der Waals surface area contributed by atoms with Gasteiger partial charge in [-0.1, -0.05) is 23.7 Å². The van der Waals surface area contributed by atoms with Gasteiger partial charge >= 0.3 is 0 Å². The third-order valence-electron chi connectivity index (χ3n) is 4.82. The lowest BCUT2D eigenvalue weighted by molar-refractivity contribution is -0.140. The highest BCUT2D eigenvalue weighted by Crippen LogP contribution is 2.40. The quantitative estimate of drug-likeness (QED) is 0.322. The lowest BCUT2D eigenvalue weighted by Gasteiger charge is -2.25. The van der Waals surface area contributed by atoms with Gasteiger partial charge in [0.2, 0.25) is 0 Å². The fourth-order valence-corrected chi connectivity index (χ4v) is 3.62. The van der Waals surface area contributed by atoms with Crippen LogP contribution in [0.2, 0.25) is 5.02 Å². The molecule has 3 rings (SSSR count). The third kappa shape index (κ3) is 4.28. The Morgan fingerprint density at radius 3 is 2.48 bits per heavy atom. The SMILES string of the molecule is COCCCN1C(=O)C(=O)/C(=C(/O)c2ccc(OC)cc2)[C@@H]1c1cccc(Cl)c1. The van der Waals surface area contributed by atoms with Crippen molar-refractivity contribution in [1.29, 1.82) is 0 Å². The highest BCUT2D eigenvalue weighted by atomic mass is 35.5. The molecular formula is C22H22ClNO5. The van der Waals surface area contributed by atoms with E-state index in [9.17, 15) is 14.7 Å². The molecule has 6 nitrogen and oxygen atoms in total. The van der Waals surface area contributed by atoms with Crippen LogP contribution in [0.25, 0.3) is 5.76 Å². The second-order valence-electron chi connectivity index (χ2n) is 6.62. The zero-order chi connectivity index (χ0) is 21.0. The van der Waals surface area contributed by atoms with Gasteiger partial charge in [-0.05, 0) is 48.4 Å². The number of carbonyl (C=O) groups is 2. The number of methoxy groups -OCH3 is 2. The number of carbonyl (C=O) groups excluding carboxylic acids is 2. The number of halogens is 1. The minimum atomic E-state index is -0.729. The number of hydrogen-bond acceptors (Lipinski definition) is 5. The predicted octanol–water partition coefficient (Wildman–Crippen LogP) is 3.81. The monoisotopic (exact) mass is 415 g/mol. The van der Waals surface area contributed by atoms with Crippen LogP contribution < -0.4 is 4.74 Å². The average molecular weight is 416 g/mol. The number of Topliss-reactive ketones (excluding diaryl/α,β-unsaturated/α-hetero) is 1. The van der Waals surface area contributed by atoms with E-state index in [4.69, 9.17) is 21.1 Å². The second-order valence-corrected chi connectivity index (χ2v) is 7.06. The summed E-state index contributed by atoms with van der Waals surface area (Å²) in [6.07, 6.45) is 0.559. The van der Waals surface area contributed by atoms with Gasteiger partial charge in [-0.15, -0.1) is 0 Å². The number of aliphatic hydroxyl groups is 1. The zero-order valence-corrected chi connectivity index (χ0v) is 17.0. The van der Waals surface area contributed by atoms with Gasteiger partial charge in [0.05, 0.1) is 18.7 Å². The van der Waals surface area contributed by atoms with Gasteiger partial charge in [0.15, 0.2) is 0 Å². The number of hydrogen-bond donors (Lipinski definition) is 1. The summed E-state index contributed by atoms with van der Waals surface area (Å²) in [5, 5.41) is 11.4. The van der Waals surface area contributed by atoms with Crippen LogP contribution in [0.1, 0.15) is 23.6 Å². The van der Waals surface area contributed by atoms with Crippen LogP contribution in [-0.4, -0.2) is 49.1 Å². The number of ketones is 1. The fraction of sp³-hybridized carbons (Fsp3) is 0.273. The molecule has 0 bridgehead atoms. The van der Waals surface area contributed by atoms with Gasteiger partial charge in [0.25, 0.3) is 11.7 Å². The van der Waals surface area contributed by atoms with Crippen LogP contribution in [-0.2, 0) is 14.3 Å². The second kappa shape index (κ2) is 9.11. The first-order chi connectivity index (χ1) is 14.0. The largest absolute Gasteiger partial charge is 0.507 e. The van der Waals surface area contributed by atoms with Gasteiger partial charge in [-0.3, -0.25) is 9.59 Å². The smallest absolute Gasteiger partial charge is 0.295 e. The summed E-state index contributed by atoms with van der Waals surface area (Å²) in [4.78, 5) is 27.1. The molecule has 0 spiro atoms. The number of rotatable bonds is 7. The molecule has 0 saturated carbocycles. The Morgan fingerprint density at radius 1 is 1.14 bits per heavy atom. The Bertz CT molecular complexity index is 938. The molecule has 0 radical (unpaired) electrons. The van der Waals surface area contributed by atoms with E-state index in [1.54, 1.807) is 62.8 Å². The van der Waals surface area contributed by atoms with Gasteiger partial charge in [-0.25, -0.2) is 0 Å². The van der Waals surface area contributed by atoms with E-state index in [-0.39, 0.29) is 11.3 Å². The molecule has 1 heterocycles. The summed E-state index contributed by atoms with van der Waals surface area (Å²) in [6.45, 7) is 0.763. The fourth-order valence-electron chi connectivity index (χ4n) is 3.42. The molecule has 1 amide bonds. The van der Waals surface area contributed by atoms with Gasteiger partial charge in [0.1, 0.15) is 11.5 Å². The van der Waals surface area contributed by atoms with E-state index < -0.39 is 17.7 Å². The van der Waals surface area contributed by atoms with Crippen LogP contribution in [0.15, 0.2) is 54.1 Å². The Morgan fingerprint density at radius 2 is 1.86 bits per heavy atom. The van der Waals surface area contributed by atoms with Crippen molar-refractivity contribution in [1.82, 2.24) is 4.90 Å². The van der Waals surface area contributed by atoms with Crippen molar-refractivity contribution in [3.05, 3.63) is 70.3 Å². The topological polar surface area (TPSA) is 76.1 Å².